The summed E-state index contributed by atoms with van der Waals surface area (Å²) in [6, 6.07) is 8.82. The third-order valence-corrected chi connectivity index (χ3v) is 6.93. The number of benzene rings is 1. The van der Waals surface area contributed by atoms with Crippen molar-refractivity contribution < 1.29 is 48.0 Å². The molecule has 0 spiro atoms. The van der Waals surface area contributed by atoms with E-state index in [1.54, 1.807) is 5.56 Å². The average Bonchev–Trinajstić information content (AvgIpc) is 2.89. The smallest absolute Gasteiger partial charge is 1.00 e. The van der Waals surface area contributed by atoms with Crippen molar-refractivity contribution in [3.63, 3.8) is 0 Å². The van der Waals surface area contributed by atoms with Crippen molar-refractivity contribution >= 4 is 6.08 Å². The summed E-state index contributed by atoms with van der Waals surface area (Å²) in [5.41, 5.74) is 3.01. The van der Waals surface area contributed by atoms with Crippen LogP contribution >= 0.6 is 0 Å². The van der Waals surface area contributed by atoms with Gasteiger partial charge in [0.25, 0.3) is 0 Å². The summed E-state index contributed by atoms with van der Waals surface area (Å²) in [5.74, 6) is 0. The Bertz CT molecular complexity index is 451. The third kappa shape index (κ3) is 3.22. The monoisotopic (exact) mass is 340 g/mol. The van der Waals surface area contributed by atoms with Crippen molar-refractivity contribution in [1.82, 2.24) is 0 Å². The van der Waals surface area contributed by atoms with Crippen molar-refractivity contribution in [1.29, 1.82) is 0 Å². The predicted octanol–water partition coefficient (Wildman–Crippen LogP) is -2.24. The molecule has 3 heteroatoms. The Balaban J connectivity index is 0.000000722. The van der Waals surface area contributed by atoms with Gasteiger partial charge in [-0.2, -0.15) is 0 Å². The van der Waals surface area contributed by atoms with Gasteiger partial charge in [-0.1, -0.05) is 0 Å². The Hall–Kier alpha value is -0.0969. The molecule has 0 N–H and O–H groups in total. The zero-order chi connectivity index (χ0) is 10.1. The summed E-state index contributed by atoms with van der Waals surface area (Å²) in [7, 11) is 0. The van der Waals surface area contributed by atoms with E-state index in [0.717, 1.165) is 7.25 Å². The van der Waals surface area contributed by atoms with Gasteiger partial charge < -0.3 is 24.8 Å². The normalized spacial score (nSPS) is 19.4. The molecule has 3 rings (SSSR count). The van der Waals surface area contributed by atoms with E-state index in [1.807, 2.05) is 0 Å². The Morgan fingerprint density at radius 3 is 2.35 bits per heavy atom. The molecule has 0 nitrogen and oxygen atoms in total. The molecular weight excluding hydrogens is 330 g/mol. The summed E-state index contributed by atoms with van der Waals surface area (Å²) in [6.07, 6.45) is 13.8. The van der Waals surface area contributed by atoms with Gasteiger partial charge in [0.1, 0.15) is 0 Å². The third-order valence-electron chi connectivity index (χ3n) is 2.92. The molecule has 17 heavy (non-hydrogen) atoms. The van der Waals surface area contributed by atoms with Crippen molar-refractivity contribution in [3.05, 3.63) is 65.8 Å². The van der Waals surface area contributed by atoms with Crippen LogP contribution in [-0.4, -0.2) is 0 Å². The summed E-state index contributed by atoms with van der Waals surface area (Å²) >= 11 is -0.399. The molecule has 0 amide bonds. The fraction of sp³-hybridized carbons (Fsp3) is 0.143. The molecule has 1 atom stereocenters. The average molecular weight is 342 g/mol. The second-order valence-corrected chi connectivity index (χ2v) is 7.91. The van der Waals surface area contributed by atoms with Gasteiger partial charge in [-0.3, -0.25) is 0 Å². The molecule has 0 heterocycles. The summed E-state index contributed by atoms with van der Waals surface area (Å²) in [6.45, 7) is 0. The van der Waals surface area contributed by atoms with Crippen LogP contribution in [0.1, 0.15) is 14.8 Å². The Morgan fingerprint density at radius 2 is 1.59 bits per heavy atom. The minimum atomic E-state index is -0.399. The fourth-order valence-electron chi connectivity index (χ4n) is 2.15. The van der Waals surface area contributed by atoms with Crippen LogP contribution in [0.3, 0.4) is 0 Å². The molecular formula is C14H12Cl2Zr. The van der Waals surface area contributed by atoms with Crippen LogP contribution < -0.4 is 24.8 Å². The van der Waals surface area contributed by atoms with Crippen LogP contribution in [0.5, 0.6) is 0 Å². The molecule has 0 radical (unpaired) electrons. The summed E-state index contributed by atoms with van der Waals surface area (Å²) in [5, 5.41) is 0. The molecule has 1 aromatic carbocycles. The zero-order valence-electron chi connectivity index (χ0n) is 9.18. The van der Waals surface area contributed by atoms with Gasteiger partial charge in [0.15, 0.2) is 0 Å². The van der Waals surface area contributed by atoms with E-state index in [9.17, 15) is 0 Å². The van der Waals surface area contributed by atoms with Crippen molar-refractivity contribution in [3.8, 4) is 0 Å². The van der Waals surface area contributed by atoms with Gasteiger partial charge in [-0.25, -0.2) is 0 Å². The van der Waals surface area contributed by atoms with Crippen LogP contribution in [0.4, 0.5) is 0 Å². The van der Waals surface area contributed by atoms with E-state index in [2.05, 4.69) is 60.7 Å². The summed E-state index contributed by atoms with van der Waals surface area (Å²) in [4.78, 5) is 0. The first kappa shape index (κ1) is 15.0. The van der Waals surface area contributed by atoms with Gasteiger partial charge in [0.2, 0.25) is 0 Å². The summed E-state index contributed by atoms with van der Waals surface area (Å²) < 4.78 is 1.58. The number of fused-ring (bicyclic) bond motifs is 1. The first-order valence-electron chi connectivity index (χ1n) is 5.32. The quantitative estimate of drug-likeness (QED) is 0.570. The van der Waals surface area contributed by atoms with E-state index in [1.165, 1.54) is 5.56 Å². The van der Waals surface area contributed by atoms with Crippen molar-refractivity contribution in [2.24, 2.45) is 0 Å². The van der Waals surface area contributed by atoms with Gasteiger partial charge >= 0.3 is 102 Å². The Labute approximate surface area is 126 Å². The van der Waals surface area contributed by atoms with E-state index >= 15 is 0 Å². The van der Waals surface area contributed by atoms with Gasteiger partial charge in [-0.05, 0) is 0 Å². The zero-order valence-corrected chi connectivity index (χ0v) is 13.2. The maximum absolute atomic E-state index is 2.41. The molecule has 0 aliphatic heterocycles. The van der Waals surface area contributed by atoms with E-state index < -0.39 is 23.2 Å². The SMILES string of the molecule is C1=C[CH]([Zr+2][CH]2C=Cc3ccccc32)C=C1.[Cl-].[Cl-]. The van der Waals surface area contributed by atoms with Crippen LogP contribution in [0.15, 0.2) is 54.6 Å². The second-order valence-electron chi connectivity index (χ2n) is 3.93. The second kappa shape index (κ2) is 6.73. The Morgan fingerprint density at radius 1 is 0.882 bits per heavy atom. The minimum absolute atomic E-state index is 0. The molecule has 0 aromatic heterocycles. The van der Waals surface area contributed by atoms with Gasteiger partial charge in [0.05, 0.1) is 0 Å². The topological polar surface area (TPSA) is 0 Å². The van der Waals surface area contributed by atoms with E-state index in [-0.39, 0.29) is 24.8 Å². The maximum Gasteiger partial charge on any atom is -1.00 e. The van der Waals surface area contributed by atoms with Crippen LogP contribution in [0.25, 0.3) is 6.08 Å². The molecule has 1 aromatic rings. The number of hydrogen-bond acceptors (Lipinski definition) is 0. The number of halogens is 2. The van der Waals surface area contributed by atoms with Gasteiger partial charge in [0, 0.05) is 0 Å². The molecule has 2 aliphatic rings. The number of rotatable bonds is 2. The van der Waals surface area contributed by atoms with E-state index in [4.69, 9.17) is 0 Å². The fourth-order valence-corrected chi connectivity index (χ4v) is 5.85. The molecule has 0 saturated carbocycles. The molecule has 0 fully saturated rings. The molecule has 86 valence electrons. The minimum Gasteiger partial charge on any atom is -1.00 e. The van der Waals surface area contributed by atoms with E-state index in [0.29, 0.717) is 0 Å². The Kier molecular flexibility index (Phi) is 5.93. The number of hydrogen-bond donors (Lipinski definition) is 0. The molecule has 0 saturated heterocycles. The largest absolute Gasteiger partial charge is 1.00 e. The number of allylic oxidation sites excluding steroid dienone is 5. The predicted molar refractivity (Wildman–Crippen MR) is 60.2 cm³/mol. The standard InChI is InChI=1S/C9H7.C5H5.2ClH.Zr/c1-2-5-9-7-3-6-8(9)4-1;1-2-4-5-3-1;;;/h1-7H;1-5H;2*1H;/q;;;;+2/p-2. The maximum atomic E-state index is 2.41. The van der Waals surface area contributed by atoms with Crippen molar-refractivity contribution in [2.75, 3.05) is 0 Å². The van der Waals surface area contributed by atoms with Crippen LogP contribution in [0, 0.1) is 0 Å². The van der Waals surface area contributed by atoms with Crippen molar-refractivity contribution in [2.45, 2.75) is 7.25 Å². The molecule has 2 aliphatic carbocycles. The first-order valence-corrected chi connectivity index (χ1v) is 8.15. The van der Waals surface area contributed by atoms with Gasteiger partial charge in [-0.15, -0.1) is 0 Å². The molecule has 0 bridgehead atoms. The first-order chi connectivity index (χ1) is 7.43. The molecule has 1 unspecified atom stereocenters. The van der Waals surface area contributed by atoms with Crippen LogP contribution in [-0.2, 0) is 23.2 Å². The van der Waals surface area contributed by atoms with Crippen LogP contribution in [0.2, 0.25) is 3.63 Å².